The lowest BCUT2D eigenvalue weighted by Crippen LogP contribution is -2.34. The monoisotopic (exact) mass is 347 g/mol. The Morgan fingerprint density at radius 2 is 1.85 bits per heavy atom. The van der Waals surface area contributed by atoms with E-state index in [4.69, 9.17) is 5.26 Å². The highest BCUT2D eigenvalue weighted by Crippen LogP contribution is 2.26. The molecule has 2 aromatic rings. The van der Waals surface area contributed by atoms with Crippen LogP contribution in [0.3, 0.4) is 0 Å². The number of carbonyl (C=O) groups excluding carboxylic acids is 2. The van der Waals surface area contributed by atoms with Gasteiger partial charge in [0.05, 0.1) is 17.6 Å². The van der Waals surface area contributed by atoms with Crippen molar-refractivity contribution in [1.29, 1.82) is 5.26 Å². The molecule has 132 valence electrons. The van der Waals surface area contributed by atoms with E-state index in [1.807, 2.05) is 43.3 Å². The van der Waals surface area contributed by atoms with Crippen molar-refractivity contribution in [2.45, 2.75) is 19.9 Å². The number of amides is 2. The molecular weight excluding hydrogens is 326 g/mol. The molecule has 0 radical (unpaired) electrons. The quantitative estimate of drug-likeness (QED) is 0.854. The first-order chi connectivity index (χ1) is 12.5. The number of hydrogen-bond acceptors (Lipinski definition) is 3. The van der Waals surface area contributed by atoms with Crippen molar-refractivity contribution in [2.24, 2.45) is 5.92 Å². The number of nitriles is 1. The van der Waals surface area contributed by atoms with Gasteiger partial charge in [-0.15, -0.1) is 0 Å². The molecule has 0 bridgehead atoms. The normalized spacial score (nSPS) is 16.4. The third-order valence-corrected chi connectivity index (χ3v) is 4.70. The number of hydrogen-bond donors (Lipinski definition) is 0. The maximum absolute atomic E-state index is 12.7. The van der Waals surface area contributed by atoms with Gasteiger partial charge >= 0.3 is 0 Å². The first kappa shape index (κ1) is 17.7. The Balaban J connectivity index is 1.65. The summed E-state index contributed by atoms with van der Waals surface area (Å²) in [5.74, 6) is -0.372. The Kier molecular flexibility index (Phi) is 5.04. The largest absolute Gasteiger partial charge is 0.341 e. The predicted octanol–water partition coefficient (Wildman–Crippen LogP) is 2.88. The molecule has 2 amide bonds. The van der Waals surface area contributed by atoms with Gasteiger partial charge in [-0.05, 0) is 36.8 Å². The molecule has 1 atom stereocenters. The lowest BCUT2D eigenvalue weighted by Gasteiger charge is -2.21. The number of carbonyl (C=O) groups is 2. The predicted molar refractivity (Wildman–Crippen MR) is 99.3 cm³/mol. The summed E-state index contributed by atoms with van der Waals surface area (Å²) in [6.07, 6.45) is 0.240. The molecular formula is C21H21N3O2. The third-order valence-electron chi connectivity index (χ3n) is 4.70. The second-order valence-corrected chi connectivity index (χ2v) is 6.74. The van der Waals surface area contributed by atoms with Crippen molar-refractivity contribution >= 4 is 17.5 Å². The van der Waals surface area contributed by atoms with E-state index in [1.54, 1.807) is 29.0 Å². The molecule has 1 saturated heterocycles. The van der Waals surface area contributed by atoms with Gasteiger partial charge in [-0.3, -0.25) is 9.59 Å². The van der Waals surface area contributed by atoms with E-state index in [0.29, 0.717) is 18.7 Å². The molecule has 1 aliphatic heterocycles. The minimum absolute atomic E-state index is 0.0148. The van der Waals surface area contributed by atoms with Gasteiger partial charge in [-0.25, -0.2) is 0 Å². The van der Waals surface area contributed by atoms with Crippen molar-refractivity contribution in [2.75, 3.05) is 18.5 Å². The smallest absolute Gasteiger partial charge is 0.228 e. The average Bonchev–Trinajstić information content (AvgIpc) is 3.04. The van der Waals surface area contributed by atoms with E-state index in [2.05, 4.69) is 6.07 Å². The molecule has 1 unspecified atom stereocenters. The van der Waals surface area contributed by atoms with Crippen LogP contribution in [0.25, 0.3) is 0 Å². The van der Waals surface area contributed by atoms with Gasteiger partial charge in [-0.2, -0.15) is 5.26 Å². The molecule has 0 spiro atoms. The van der Waals surface area contributed by atoms with Crippen LogP contribution in [-0.4, -0.2) is 30.3 Å². The van der Waals surface area contributed by atoms with E-state index in [1.165, 1.54) is 0 Å². The summed E-state index contributed by atoms with van der Waals surface area (Å²) in [4.78, 5) is 28.4. The maximum atomic E-state index is 12.7. The van der Waals surface area contributed by atoms with Gasteiger partial charge in [-0.1, -0.05) is 29.8 Å². The SMILES string of the molecule is Cc1ccc(N2CC(C(=O)N(C)Cc3ccc(C#N)cc3)CC2=O)cc1. The van der Waals surface area contributed by atoms with Crippen molar-refractivity contribution in [3.63, 3.8) is 0 Å². The van der Waals surface area contributed by atoms with Gasteiger partial charge < -0.3 is 9.80 Å². The molecule has 1 aliphatic rings. The summed E-state index contributed by atoms with van der Waals surface area (Å²) >= 11 is 0. The molecule has 0 N–H and O–H groups in total. The maximum Gasteiger partial charge on any atom is 0.228 e. The molecule has 0 aliphatic carbocycles. The van der Waals surface area contributed by atoms with E-state index < -0.39 is 0 Å². The molecule has 2 aromatic carbocycles. The summed E-state index contributed by atoms with van der Waals surface area (Å²) in [7, 11) is 1.75. The average molecular weight is 347 g/mol. The fourth-order valence-corrected chi connectivity index (χ4v) is 3.20. The van der Waals surface area contributed by atoms with Crippen LogP contribution < -0.4 is 4.90 Å². The number of nitrogens with zero attached hydrogens (tertiary/aromatic N) is 3. The van der Waals surface area contributed by atoms with Crippen LogP contribution in [0.2, 0.25) is 0 Å². The fraction of sp³-hybridized carbons (Fsp3) is 0.286. The van der Waals surface area contributed by atoms with Gasteiger partial charge in [0.1, 0.15) is 0 Å². The highest BCUT2D eigenvalue weighted by Gasteiger charge is 2.36. The minimum Gasteiger partial charge on any atom is -0.341 e. The molecule has 1 heterocycles. The van der Waals surface area contributed by atoms with Gasteiger partial charge in [0, 0.05) is 32.2 Å². The van der Waals surface area contributed by atoms with Crippen molar-refractivity contribution in [3.05, 3.63) is 65.2 Å². The molecule has 1 fully saturated rings. The summed E-state index contributed by atoms with van der Waals surface area (Å²) in [5, 5.41) is 8.85. The Bertz CT molecular complexity index is 850. The Hall–Kier alpha value is -3.13. The topological polar surface area (TPSA) is 64.4 Å². The number of rotatable bonds is 4. The van der Waals surface area contributed by atoms with E-state index in [0.717, 1.165) is 16.8 Å². The third kappa shape index (κ3) is 3.75. The zero-order valence-electron chi connectivity index (χ0n) is 15.0. The van der Waals surface area contributed by atoms with Crippen LogP contribution in [0.15, 0.2) is 48.5 Å². The van der Waals surface area contributed by atoms with Crippen molar-refractivity contribution in [1.82, 2.24) is 4.90 Å². The lowest BCUT2D eigenvalue weighted by atomic mass is 10.1. The van der Waals surface area contributed by atoms with Crippen LogP contribution in [0.4, 0.5) is 5.69 Å². The lowest BCUT2D eigenvalue weighted by molar-refractivity contribution is -0.135. The van der Waals surface area contributed by atoms with Gasteiger partial charge in [0.15, 0.2) is 0 Å². The van der Waals surface area contributed by atoms with Crippen LogP contribution in [-0.2, 0) is 16.1 Å². The number of aryl methyl sites for hydroxylation is 1. The summed E-state index contributed by atoms with van der Waals surface area (Å²) in [6, 6.07) is 17.0. The second-order valence-electron chi connectivity index (χ2n) is 6.74. The Morgan fingerprint density at radius 1 is 1.19 bits per heavy atom. The second kappa shape index (κ2) is 7.40. The zero-order valence-corrected chi connectivity index (χ0v) is 15.0. The van der Waals surface area contributed by atoms with Crippen molar-refractivity contribution in [3.8, 4) is 6.07 Å². The molecule has 0 saturated carbocycles. The zero-order chi connectivity index (χ0) is 18.7. The molecule has 26 heavy (non-hydrogen) atoms. The Labute approximate surface area is 153 Å². The first-order valence-corrected chi connectivity index (χ1v) is 8.59. The first-order valence-electron chi connectivity index (χ1n) is 8.59. The van der Waals surface area contributed by atoms with E-state index in [9.17, 15) is 9.59 Å². The Morgan fingerprint density at radius 3 is 2.46 bits per heavy atom. The van der Waals surface area contributed by atoms with Crippen LogP contribution in [0, 0.1) is 24.2 Å². The van der Waals surface area contributed by atoms with Gasteiger partial charge in [0.2, 0.25) is 11.8 Å². The van der Waals surface area contributed by atoms with Crippen LogP contribution in [0.5, 0.6) is 0 Å². The highest BCUT2D eigenvalue weighted by molar-refractivity contribution is 6.00. The van der Waals surface area contributed by atoms with Gasteiger partial charge in [0.25, 0.3) is 0 Å². The van der Waals surface area contributed by atoms with E-state index in [-0.39, 0.29) is 24.2 Å². The van der Waals surface area contributed by atoms with E-state index >= 15 is 0 Å². The molecule has 0 aromatic heterocycles. The standard InChI is InChI=1S/C21H21N3O2/c1-15-3-9-19(10-4-15)24-14-18(11-20(24)25)21(26)23(2)13-17-7-5-16(12-22)6-8-17/h3-10,18H,11,13-14H2,1-2H3. The molecule has 5 heteroatoms. The van der Waals surface area contributed by atoms with Crippen LogP contribution >= 0.6 is 0 Å². The molecule has 3 rings (SSSR count). The highest BCUT2D eigenvalue weighted by atomic mass is 16.2. The number of benzene rings is 2. The fourth-order valence-electron chi connectivity index (χ4n) is 3.20. The van der Waals surface area contributed by atoms with Crippen molar-refractivity contribution < 1.29 is 9.59 Å². The summed E-state index contributed by atoms with van der Waals surface area (Å²) in [6.45, 7) is 2.87. The summed E-state index contributed by atoms with van der Waals surface area (Å²) < 4.78 is 0. The molecule has 5 nitrogen and oxygen atoms in total. The summed E-state index contributed by atoms with van der Waals surface area (Å²) in [5.41, 5.74) is 3.53. The minimum atomic E-state index is -0.327. The van der Waals surface area contributed by atoms with Crippen LogP contribution in [0.1, 0.15) is 23.1 Å². The number of anilines is 1.